The molecule has 10 heteroatoms. The molecule has 1 aliphatic rings. The van der Waals surface area contributed by atoms with Gasteiger partial charge in [0.15, 0.2) is 11.5 Å². The first kappa shape index (κ1) is 18.6. The Morgan fingerprint density at radius 2 is 2.11 bits per heavy atom. The Morgan fingerprint density at radius 1 is 1.30 bits per heavy atom. The van der Waals surface area contributed by atoms with E-state index in [9.17, 15) is 5.11 Å². The van der Waals surface area contributed by atoms with Crippen molar-refractivity contribution >= 4 is 18.1 Å². The zero-order valence-electron chi connectivity index (χ0n) is 15.3. The molecule has 2 aromatic rings. The Morgan fingerprint density at radius 3 is 2.85 bits per heavy atom. The number of nitrogens with one attached hydrogen (secondary N) is 1. The predicted octanol–water partition coefficient (Wildman–Crippen LogP) is 1.27. The lowest BCUT2D eigenvalue weighted by molar-refractivity contribution is 0.122. The zero-order chi connectivity index (χ0) is 19.1. The number of aromatic hydroxyl groups is 1. The van der Waals surface area contributed by atoms with Crippen LogP contribution in [0, 0.1) is 0 Å². The van der Waals surface area contributed by atoms with Gasteiger partial charge in [-0.05, 0) is 30.7 Å². The summed E-state index contributed by atoms with van der Waals surface area (Å²) in [4.78, 5) is 14.8. The molecule has 1 aliphatic heterocycles. The summed E-state index contributed by atoms with van der Waals surface area (Å²) in [6.07, 6.45) is 1.58. The lowest BCUT2D eigenvalue weighted by Gasteiger charge is -2.26. The molecule has 0 amide bonds. The van der Waals surface area contributed by atoms with Gasteiger partial charge in [-0.15, -0.1) is 0 Å². The van der Waals surface area contributed by atoms with Crippen molar-refractivity contribution in [3.05, 3.63) is 23.8 Å². The molecule has 1 aromatic carbocycles. The number of methoxy groups -OCH3 is 1. The van der Waals surface area contributed by atoms with E-state index >= 15 is 0 Å². The topological polar surface area (TPSA) is 114 Å². The second-order valence-corrected chi connectivity index (χ2v) is 5.58. The standard InChI is InChI=1S/C17H22N6O4/c1-3-27-14-10-12(4-5-13(14)24)11-18-22-15-19-16(21-17(20-15)25-2)23-6-8-26-9-7-23/h4-5,10-11,24H,3,6-9H2,1-2H3,(H,19,20,21,22). The third-order valence-corrected chi connectivity index (χ3v) is 3.74. The molecular formula is C17H22N6O4. The summed E-state index contributed by atoms with van der Waals surface area (Å²) in [6, 6.07) is 5.16. The largest absolute Gasteiger partial charge is 0.504 e. The summed E-state index contributed by atoms with van der Waals surface area (Å²) in [6.45, 7) is 4.95. The van der Waals surface area contributed by atoms with Crippen molar-refractivity contribution in [3.8, 4) is 17.5 Å². The summed E-state index contributed by atoms with van der Waals surface area (Å²) < 4.78 is 15.9. The van der Waals surface area contributed by atoms with Crippen LogP contribution in [-0.2, 0) is 4.74 Å². The molecule has 0 bridgehead atoms. The zero-order valence-corrected chi connectivity index (χ0v) is 15.3. The summed E-state index contributed by atoms with van der Waals surface area (Å²) in [5.41, 5.74) is 3.53. The van der Waals surface area contributed by atoms with Gasteiger partial charge in [0, 0.05) is 13.1 Å². The normalized spacial score (nSPS) is 14.4. The van der Waals surface area contributed by atoms with Gasteiger partial charge in [-0.25, -0.2) is 5.43 Å². The molecule has 1 fully saturated rings. The van der Waals surface area contributed by atoms with E-state index < -0.39 is 0 Å². The average molecular weight is 374 g/mol. The second kappa shape index (κ2) is 8.99. The van der Waals surface area contributed by atoms with Gasteiger partial charge >= 0.3 is 6.01 Å². The highest BCUT2D eigenvalue weighted by molar-refractivity contribution is 5.81. The predicted molar refractivity (Wildman–Crippen MR) is 99.9 cm³/mol. The molecular weight excluding hydrogens is 352 g/mol. The monoisotopic (exact) mass is 374 g/mol. The van der Waals surface area contributed by atoms with E-state index in [0.717, 1.165) is 5.56 Å². The molecule has 27 heavy (non-hydrogen) atoms. The lowest BCUT2D eigenvalue weighted by atomic mass is 10.2. The molecule has 2 N–H and O–H groups in total. The van der Waals surface area contributed by atoms with Crippen molar-refractivity contribution in [2.45, 2.75) is 6.92 Å². The summed E-state index contributed by atoms with van der Waals surface area (Å²) in [5, 5.41) is 13.9. The summed E-state index contributed by atoms with van der Waals surface area (Å²) in [7, 11) is 1.50. The van der Waals surface area contributed by atoms with Gasteiger partial charge < -0.3 is 24.2 Å². The maximum atomic E-state index is 9.74. The third-order valence-electron chi connectivity index (χ3n) is 3.74. The highest BCUT2D eigenvalue weighted by atomic mass is 16.5. The van der Waals surface area contributed by atoms with E-state index in [0.29, 0.717) is 44.6 Å². The number of phenols is 1. The first-order chi connectivity index (χ1) is 13.2. The average Bonchev–Trinajstić information content (AvgIpc) is 2.71. The minimum absolute atomic E-state index is 0.0827. The van der Waals surface area contributed by atoms with E-state index in [2.05, 4.69) is 25.5 Å². The minimum Gasteiger partial charge on any atom is -0.504 e. The molecule has 0 aliphatic carbocycles. The van der Waals surface area contributed by atoms with Crippen LogP contribution in [0.2, 0.25) is 0 Å². The molecule has 3 rings (SSSR count). The van der Waals surface area contributed by atoms with Crippen LogP contribution in [0.4, 0.5) is 11.9 Å². The van der Waals surface area contributed by atoms with Gasteiger partial charge in [0.05, 0.1) is 33.1 Å². The number of benzene rings is 1. The van der Waals surface area contributed by atoms with Gasteiger partial charge in [-0.2, -0.15) is 20.1 Å². The quantitative estimate of drug-likeness (QED) is 0.546. The molecule has 0 spiro atoms. The SMILES string of the molecule is CCOc1cc(C=NNc2nc(OC)nc(N3CCOCC3)n2)ccc1O. The van der Waals surface area contributed by atoms with Crippen LogP contribution in [0.5, 0.6) is 17.5 Å². The van der Waals surface area contributed by atoms with Gasteiger partial charge in [-0.1, -0.05) is 0 Å². The first-order valence-electron chi connectivity index (χ1n) is 8.57. The fourth-order valence-electron chi connectivity index (χ4n) is 2.44. The van der Waals surface area contributed by atoms with Crippen molar-refractivity contribution in [1.82, 2.24) is 15.0 Å². The smallest absolute Gasteiger partial charge is 0.322 e. The number of anilines is 2. The highest BCUT2D eigenvalue weighted by Crippen LogP contribution is 2.26. The number of morpholine rings is 1. The minimum atomic E-state index is 0.0827. The third kappa shape index (κ3) is 4.94. The molecule has 0 atom stereocenters. The van der Waals surface area contributed by atoms with E-state index in [4.69, 9.17) is 14.2 Å². The highest BCUT2D eigenvalue weighted by Gasteiger charge is 2.16. The van der Waals surface area contributed by atoms with Gasteiger partial charge in [0.1, 0.15) is 0 Å². The number of hydrogen-bond donors (Lipinski definition) is 2. The van der Waals surface area contributed by atoms with Crippen molar-refractivity contribution in [3.63, 3.8) is 0 Å². The van der Waals surface area contributed by atoms with Crippen LogP contribution >= 0.6 is 0 Å². The van der Waals surface area contributed by atoms with Crippen LogP contribution < -0.4 is 19.8 Å². The van der Waals surface area contributed by atoms with Crippen molar-refractivity contribution in [2.24, 2.45) is 5.10 Å². The number of aromatic nitrogens is 3. The number of phenolic OH excluding ortho intramolecular Hbond substituents is 1. The molecule has 1 aromatic heterocycles. The van der Waals surface area contributed by atoms with Crippen molar-refractivity contribution in [2.75, 3.05) is 50.3 Å². The fraction of sp³-hybridized carbons (Fsp3) is 0.412. The Labute approximate surface area is 156 Å². The van der Waals surface area contributed by atoms with Crippen LogP contribution in [0.15, 0.2) is 23.3 Å². The molecule has 0 radical (unpaired) electrons. The van der Waals surface area contributed by atoms with E-state index in [1.165, 1.54) is 7.11 Å². The van der Waals surface area contributed by atoms with Crippen molar-refractivity contribution in [1.29, 1.82) is 0 Å². The lowest BCUT2D eigenvalue weighted by Crippen LogP contribution is -2.37. The molecule has 10 nitrogen and oxygen atoms in total. The maximum Gasteiger partial charge on any atom is 0.322 e. The Bertz CT molecular complexity index is 795. The van der Waals surface area contributed by atoms with Gasteiger partial charge in [0.2, 0.25) is 5.95 Å². The maximum absolute atomic E-state index is 9.74. The van der Waals surface area contributed by atoms with Gasteiger partial charge in [0.25, 0.3) is 5.95 Å². The Balaban J connectivity index is 1.73. The van der Waals surface area contributed by atoms with Crippen molar-refractivity contribution < 1.29 is 19.3 Å². The number of ether oxygens (including phenoxy) is 3. The Kier molecular flexibility index (Phi) is 6.21. The van der Waals surface area contributed by atoms with Crippen LogP contribution in [0.3, 0.4) is 0 Å². The first-order valence-corrected chi connectivity index (χ1v) is 8.57. The van der Waals surface area contributed by atoms with Crippen LogP contribution in [0.25, 0.3) is 0 Å². The molecule has 0 unspecified atom stereocenters. The number of rotatable bonds is 7. The van der Waals surface area contributed by atoms with Crippen LogP contribution in [0.1, 0.15) is 12.5 Å². The van der Waals surface area contributed by atoms with Gasteiger partial charge in [-0.3, -0.25) is 0 Å². The number of nitrogens with zero attached hydrogens (tertiary/aromatic N) is 5. The molecule has 1 saturated heterocycles. The summed E-state index contributed by atoms with van der Waals surface area (Å²) >= 11 is 0. The number of hydrogen-bond acceptors (Lipinski definition) is 10. The molecule has 144 valence electrons. The van der Waals surface area contributed by atoms with E-state index in [-0.39, 0.29) is 17.7 Å². The number of hydrazone groups is 1. The van der Waals surface area contributed by atoms with Crippen LogP contribution in [-0.4, -0.2) is 66.3 Å². The fourth-order valence-corrected chi connectivity index (χ4v) is 2.44. The molecule has 0 saturated carbocycles. The summed E-state index contributed by atoms with van der Waals surface area (Å²) in [5.74, 6) is 1.26. The Hall–Kier alpha value is -3.14. The van der Waals surface area contributed by atoms with E-state index in [1.807, 2.05) is 11.8 Å². The van der Waals surface area contributed by atoms with E-state index in [1.54, 1.807) is 24.4 Å². The molecule has 2 heterocycles. The second-order valence-electron chi connectivity index (χ2n) is 5.58.